The zero-order chi connectivity index (χ0) is 8.48. The highest BCUT2D eigenvalue weighted by molar-refractivity contribution is 6.27. The van der Waals surface area contributed by atoms with Gasteiger partial charge in [0.25, 0.3) is 5.91 Å². The van der Waals surface area contributed by atoms with E-state index in [4.69, 9.17) is 0 Å². The van der Waals surface area contributed by atoms with E-state index in [1.807, 2.05) is 0 Å². The third-order valence-electron chi connectivity index (χ3n) is 0.859. The minimum atomic E-state index is -4.61. The third kappa shape index (κ3) is 1.79. The lowest BCUT2D eigenvalue weighted by Gasteiger charge is -2.09. The third-order valence-corrected chi connectivity index (χ3v) is 0.859. The highest BCUT2D eigenvalue weighted by Gasteiger charge is 2.37. The van der Waals surface area contributed by atoms with Gasteiger partial charge in [0.15, 0.2) is 11.9 Å². The van der Waals surface area contributed by atoms with Crippen LogP contribution in [0.2, 0.25) is 0 Å². The fraction of sp³-hybridized carbons (Fsp3) is 0.200. The number of carbonyl (C=O) groups excluding carboxylic acids is 1. The van der Waals surface area contributed by atoms with Gasteiger partial charge in [0.1, 0.15) is 0 Å². The predicted molar refractivity (Wildman–Crippen MR) is 28.7 cm³/mol. The van der Waals surface area contributed by atoms with Gasteiger partial charge >= 0.3 is 6.18 Å². The Morgan fingerprint density at radius 2 is 2.09 bits per heavy atom. The number of allylic oxidation sites excluding steroid dienone is 1. The van der Waals surface area contributed by atoms with Crippen molar-refractivity contribution >= 4 is 12.1 Å². The largest absolute Gasteiger partial charge is 0.435 e. The molecular formula is C5HF3N2O. The molecule has 58 valence electrons. The standard InChI is InChI=1S/C5HF3N2O/c6-5(7,8)3-1-9-2-4(11)10-3/h1H. The lowest BCUT2D eigenvalue weighted by molar-refractivity contribution is -0.121. The fourth-order valence-corrected chi connectivity index (χ4v) is 0.448. The summed E-state index contributed by atoms with van der Waals surface area (Å²) in [7, 11) is 0. The fourth-order valence-electron chi connectivity index (χ4n) is 0.448. The monoisotopic (exact) mass is 162 g/mol. The molecule has 2 radical (unpaired) electrons. The molecule has 1 aliphatic rings. The molecule has 0 fully saturated rings. The van der Waals surface area contributed by atoms with E-state index >= 15 is 0 Å². The molecule has 0 unspecified atom stereocenters. The Morgan fingerprint density at radius 1 is 1.45 bits per heavy atom. The quantitative estimate of drug-likeness (QED) is 0.510. The van der Waals surface area contributed by atoms with Crippen LogP contribution in [0.3, 0.4) is 0 Å². The van der Waals surface area contributed by atoms with Gasteiger partial charge in [-0.25, -0.2) is 10.3 Å². The van der Waals surface area contributed by atoms with Crippen molar-refractivity contribution in [1.29, 1.82) is 0 Å². The summed E-state index contributed by atoms with van der Waals surface area (Å²) in [5.74, 6) is -1.11. The minimum absolute atomic E-state index is 0.446. The van der Waals surface area contributed by atoms with Crippen molar-refractivity contribution in [2.24, 2.45) is 4.99 Å². The van der Waals surface area contributed by atoms with E-state index in [9.17, 15) is 18.0 Å². The van der Waals surface area contributed by atoms with Crippen LogP contribution in [0.5, 0.6) is 0 Å². The molecule has 0 saturated carbocycles. The lowest BCUT2D eigenvalue weighted by Crippen LogP contribution is -2.28. The molecule has 0 spiro atoms. The van der Waals surface area contributed by atoms with Crippen LogP contribution in [0.15, 0.2) is 16.9 Å². The Labute approximate surface area is 59.6 Å². The number of carbonyl (C=O) groups is 1. The molecule has 6 heteroatoms. The number of halogens is 3. The molecule has 0 N–H and O–H groups in total. The molecule has 0 bridgehead atoms. The van der Waals surface area contributed by atoms with Crippen LogP contribution < -0.4 is 5.32 Å². The number of alkyl halides is 3. The Bertz CT molecular complexity index is 241. The first-order valence-corrected chi connectivity index (χ1v) is 2.49. The molecule has 0 aromatic rings. The maximum atomic E-state index is 11.7. The molecule has 11 heavy (non-hydrogen) atoms. The molecule has 1 aliphatic heterocycles. The summed E-state index contributed by atoms with van der Waals surface area (Å²) in [5.41, 5.74) is -1.29. The van der Waals surface area contributed by atoms with E-state index in [1.54, 1.807) is 6.21 Å². The van der Waals surface area contributed by atoms with Gasteiger partial charge in [0.2, 0.25) is 0 Å². The average molecular weight is 162 g/mol. The number of aliphatic imine (C=N–C) groups is 1. The summed E-state index contributed by atoms with van der Waals surface area (Å²) in [6.45, 7) is 0. The first-order chi connectivity index (χ1) is 5.00. The van der Waals surface area contributed by atoms with Gasteiger partial charge in [-0.3, -0.25) is 4.79 Å². The molecule has 0 saturated heterocycles. The van der Waals surface area contributed by atoms with Gasteiger partial charge in [-0.15, -0.1) is 0 Å². The van der Waals surface area contributed by atoms with Crippen LogP contribution in [-0.2, 0) is 4.79 Å². The summed E-state index contributed by atoms with van der Waals surface area (Å²) < 4.78 is 35.1. The van der Waals surface area contributed by atoms with Crippen LogP contribution in [0.1, 0.15) is 0 Å². The molecule has 1 rings (SSSR count). The van der Waals surface area contributed by atoms with Crippen molar-refractivity contribution in [3.63, 3.8) is 0 Å². The van der Waals surface area contributed by atoms with Crippen LogP contribution in [0.4, 0.5) is 13.2 Å². The Kier molecular flexibility index (Phi) is 1.67. The number of rotatable bonds is 0. The number of hydrogen-bond donors (Lipinski definition) is 0. The Morgan fingerprint density at radius 3 is 2.45 bits per heavy atom. The predicted octanol–water partition coefficient (Wildman–Crippen LogP) is 0.482. The van der Waals surface area contributed by atoms with E-state index in [0.717, 1.165) is 0 Å². The van der Waals surface area contributed by atoms with Crippen LogP contribution in [0, 0.1) is 0 Å². The molecule has 0 aliphatic carbocycles. The van der Waals surface area contributed by atoms with E-state index in [0.29, 0.717) is 6.20 Å². The maximum absolute atomic E-state index is 11.7. The van der Waals surface area contributed by atoms with Crippen LogP contribution >= 0.6 is 0 Å². The van der Waals surface area contributed by atoms with E-state index in [2.05, 4.69) is 10.3 Å². The lowest BCUT2D eigenvalue weighted by atomic mass is 10.4. The molecule has 3 nitrogen and oxygen atoms in total. The first-order valence-electron chi connectivity index (χ1n) is 2.49. The molecule has 0 aromatic carbocycles. The van der Waals surface area contributed by atoms with Gasteiger partial charge in [0, 0.05) is 0 Å². The van der Waals surface area contributed by atoms with Crippen molar-refractivity contribution in [3.05, 3.63) is 11.9 Å². The molecule has 1 heterocycles. The SMILES string of the molecule is O=C1[C]=NC=C(C(F)(F)F)[N]1. The van der Waals surface area contributed by atoms with Gasteiger partial charge in [-0.05, 0) is 0 Å². The van der Waals surface area contributed by atoms with Gasteiger partial charge in [0.05, 0.1) is 6.20 Å². The molecular weight excluding hydrogens is 161 g/mol. The normalized spacial score (nSPS) is 17.7. The van der Waals surface area contributed by atoms with E-state index in [1.165, 1.54) is 0 Å². The maximum Gasteiger partial charge on any atom is 0.435 e. The second-order valence-electron chi connectivity index (χ2n) is 1.67. The summed E-state index contributed by atoms with van der Waals surface area (Å²) in [6.07, 6.45) is -2.44. The summed E-state index contributed by atoms with van der Waals surface area (Å²) in [4.78, 5) is 13.1. The number of amides is 1. The smallest absolute Gasteiger partial charge is 0.265 e. The number of hydrogen-bond acceptors (Lipinski definition) is 2. The van der Waals surface area contributed by atoms with Crippen LogP contribution in [-0.4, -0.2) is 18.3 Å². The summed E-state index contributed by atoms with van der Waals surface area (Å²) >= 11 is 0. The van der Waals surface area contributed by atoms with Gasteiger partial charge in [-0.2, -0.15) is 13.2 Å². The second-order valence-corrected chi connectivity index (χ2v) is 1.67. The van der Waals surface area contributed by atoms with Gasteiger partial charge < -0.3 is 0 Å². The van der Waals surface area contributed by atoms with E-state index in [-0.39, 0.29) is 0 Å². The van der Waals surface area contributed by atoms with Crippen molar-refractivity contribution in [3.8, 4) is 0 Å². The van der Waals surface area contributed by atoms with Crippen molar-refractivity contribution in [2.45, 2.75) is 6.18 Å². The van der Waals surface area contributed by atoms with Crippen molar-refractivity contribution < 1.29 is 18.0 Å². The highest BCUT2D eigenvalue weighted by atomic mass is 19.4. The topological polar surface area (TPSA) is 43.5 Å². The zero-order valence-electron chi connectivity index (χ0n) is 5.01. The average Bonchev–Trinajstić information content (AvgIpc) is 1.86. The zero-order valence-corrected chi connectivity index (χ0v) is 5.01. The first kappa shape index (κ1) is 7.77. The van der Waals surface area contributed by atoms with Crippen molar-refractivity contribution in [1.82, 2.24) is 5.32 Å². The van der Waals surface area contributed by atoms with Gasteiger partial charge in [-0.1, -0.05) is 0 Å². The number of nitrogens with zero attached hydrogens (tertiary/aromatic N) is 2. The van der Waals surface area contributed by atoms with Crippen LogP contribution in [0.25, 0.3) is 0 Å². The Balaban J connectivity index is 2.83. The van der Waals surface area contributed by atoms with E-state index < -0.39 is 17.8 Å². The summed E-state index contributed by atoms with van der Waals surface area (Å²) in [6, 6.07) is 0. The summed E-state index contributed by atoms with van der Waals surface area (Å²) in [5, 5.41) is 2.65. The molecule has 0 aromatic heterocycles. The molecule has 0 atom stereocenters. The van der Waals surface area contributed by atoms with Crippen molar-refractivity contribution in [2.75, 3.05) is 0 Å². The molecule has 1 amide bonds. The second kappa shape index (κ2) is 2.37. The highest BCUT2D eigenvalue weighted by Crippen LogP contribution is 2.24. The Hall–Kier alpha value is -1.33. The minimum Gasteiger partial charge on any atom is -0.265 e.